The third kappa shape index (κ3) is 3.06. The Morgan fingerprint density at radius 2 is 2.10 bits per heavy atom. The van der Waals surface area contributed by atoms with Gasteiger partial charge in [-0.1, -0.05) is 0 Å². The lowest BCUT2D eigenvalue weighted by molar-refractivity contribution is 0.579. The van der Waals surface area contributed by atoms with Crippen molar-refractivity contribution < 1.29 is 8.42 Å². The van der Waals surface area contributed by atoms with E-state index < -0.39 is 10.0 Å². The zero-order valence-electron chi connectivity index (χ0n) is 11.5. The fraction of sp³-hybridized carbons (Fsp3) is 0.455. The van der Waals surface area contributed by atoms with Gasteiger partial charge in [0.15, 0.2) is 0 Å². The van der Waals surface area contributed by atoms with Crippen molar-refractivity contribution in [2.24, 2.45) is 0 Å². The summed E-state index contributed by atoms with van der Waals surface area (Å²) in [5, 5.41) is 9.64. The van der Waals surface area contributed by atoms with Crippen LogP contribution in [0, 0.1) is 13.8 Å². The van der Waals surface area contributed by atoms with E-state index in [-0.39, 0.29) is 11.4 Å². The average Bonchev–Trinajstić information content (AvgIpc) is 2.94. The fourth-order valence-electron chi connectivity index (χ4n) is 1.84. The molecule has 0 saturated carbocycles. The van der Waals surface area contributed by atoms with Crippen molar-refractivity contribution in [3.05, 3.63) is 27.5 Å². The Balaban J connectivity index is 2.22. The van der Waals surface area contributed by atoms with E-state index in [9.17, 15) is 8.42 Å². The van der Waals surface area contributed by atoms with Crippen LogP contribution < -0.4 is 10.0 Å². The summed E-state index contributed by atoms with van der Waals surface area (Å²) >= 11 is 1.43. The lowest BCUT2D eigenvalue weighted by atomic mass is 10.4. The van der Waals surface area contributed by atoms with Crippen molar-refractivity contribution in [2.45, 2.75) is 31.8 Å². The Kier molecular flexibility index (Phi) is 4.53. The zero-order valence-corrected chi connectivity index (χ0v) is 13.2. The molecule has 2 rings (SSSR count). The molecule has 0 spiro atoms. The minimum absolute atomic E-state index is 0.217. The molecule has 0 aromatic carbocycles. The number of aryl methyl sites for hydroxylation is 2. The summed E-state index contributed by atoms with van der Waals surface area (Å²) in [6.07, 6.45) is 0. The molecule has 2 aromatic rings. The van der Waals surface area contributed by atoms with Gasteiger partial charge in [-0.15, -0.1) is 11.3 Å². The Bertz CT molecular complexity index is 689. The van der Waals surface area contributed by atoms with Gasteiger partial charge in [-0.05, 0) is 20.9 Å². The van der Waals surface area contributed by atoms with Crippen LogP contribution in [0.3, 0.4) is 0 Å². The van der Waals surface area contributed by atoms with Gasteiger partial charge in [0.25, 0.3) is 0 Å². The van der Waals surface area contributed by atoms with Gasteiger partial charge in [-0.2, -0.15) is 5.10 Å². The molecule has 7 nitrogen and oxygen atoms in total. The van der Waals surface area contributed by atoms with Gasteiger partial charge in [0, 0.05) is 18.0 Å². The van der Waals surface area contributed by atoms with Crippen LogP contribution in [0.25, 0.3) is 0 Å². The third-order valence-electron chi connectivity index (χ3n) is 2.84. The van der Waals surface area contributed by atoms with Crippen molar-refractivity contribution >= 4 is 21.4 Å². The third-order valence-corrected chi connectivity index (χ3v) is 5.38. The van der Waals surface area contributed by atoms with Gasteiger partial charge in [-0.3, -0.25) is 5.10 Å². The maximum Gasteiger partial charge on any atom is 0.244 e. The largest absolute Gasteiger partial charge is 0.314 e. The molecular weight excluding hydrogens is 298 g/mol. The number of nitrogens with one attached hydrogen (secondary N) is 3. The molecule has 0 unspecified atom stereocenters. The predicted octanol–water partition coefficient (Wildman–Crippen LogP) is 0.681. The standard InChI is InChI=1S/C11H17N5O2S2/c1-7-10(19-6-13-7)5-14-20(17,18)11-8(2)15-16-9(11)4-12-3/h6,12,14H,4-5H2,1-3H3,(H,15,16). The Morgan fingerprint density at radius 3 is 2.70 bits per heavy atom. The Labute approximate surface area is 121 Å². The van der Waals surface area contributed by atoms with E-state index in [0.717, 1.165) is 10.6 Å². The summed E-state index contributed by atoms with van der Waals surface area (Å²) < 4.78 is 27.4. The summed E-state index contributed by atoms with van der Waals surface area (Å²) in [4.78, 5) is 5.22. The highest BCUT2D eigenvalue weighted by Crippen LogP contribution is 2.19. The highest BCUT2D eigenvalue weighted by Gasteiger charge is 2.24. The minimum Gasteiger partial charge on any atom is -0.314 e. The Hall–Kier alpha value is -1.29. The summed E-state index contributed by atoms with van der Waals surface area (Å²) in [5.41, 5.74) is 3.56. The van der Waals surface area contributed by atoms with Crippen molar-refractivity contribution in [1.82, 2.24) is 25.2 Å². The predicted molar refractivity (Wildman–Crippen MR) is 77.0 cm³/mol. The topological polar surface area (TPSA) is 99.8 Å². The van der Waals surface area contributed by atoms with Crippen LogP contribution in [-0.2, 0) is 23.1 Å². The molecule has 0 aliphatic rings. The number of aromatic nitrogens is 3. The molecule has 110 valence electrons. The lowest BCUT2D eigenvalue weighted by Crippen LogP contribution is -2.25. The number of H-pyrrole nitrogens is 1. The number of nitrogens with zero attached hydrogens (tertiary/aromatic N) is 2. The van der Waals surface area contributed by atoms with Crippen LogP contribution in [0.1, 0.15) is 22.0 Å². The first-order valence-electron chi connectivity index (χ1n) is 6.02. The zero-order chi connectivity index (χ0) is 14.8. The van der Waals surface area contributed by atoms with Crippen LogP contribution >= 0.6 is 11.3 Å². The van der Waals surface area contributed by atoms with E-state index in [0.29, 0.717) is 17.9 Å². The molecular formula is C11H17N5O2S2. The van der Waals surface area contributed by atoms with E-state index in [1.54, 1.807) is 19.5 Å². The van der Waals surface area contributed by atoms with Gasteiger partial charge in [-0.25, -0.2) is 18.1 Å². The second-order valence-electron chi connectivity index (χ2n) is 4.34. The van der Waals surface area contributed by atoms with Gasteiger partial charge < -0.3 is 5.32 Å². The molecule has 0 atom stereocenters. The first-order chi connectivity index (χ1) is 9.45. The molecule has 2 heterocycles. The maximum absolute atomic E-state index is 12.4. The number of hydrogen-bond donors (Lipinski definition) is 3. The van der Waals surface area contributed by atoms with E-state index in [1.165, 1.54) is 11.3 Å². The summed E-state index contributed by atoms with van der Waals surface area (Å²) in [5.74, 6) is 0. The first kappa shape index (κ1) is 15.1. The van der Waals surface area contributed by atoms with Gasteiger partial charge in [0.2, 0.25) is 10.0 Å². The van der Waals surface area contributed by atoms with Crippen molar-refractivity contribution in [1.29, 1.82) is 0 Å². The number of rotatable bonds is 6. The van der Waals surface area contributed by atoms with Gasteiger partial charge in [0.1, 0.15) is 4.90 Å². The molecule has 0 saturated heterocycles. The average molecular weight is 315 g/mol. The summed E-state index contributed by atoms with van der Waals surface area (Å²) in [6.45, 7) is 4.18. The van der Waals surface area contributed by atoms with E-state index in [1.807, 2.05) is 6.92 Å². The van der Waals surface area contributed by atoms with Crippen LogP contribution in [0.2, 0.25) is 0 Å². The van der Waals surface area contributed by atoms with Crippen molar-refractivity contribution in [3.63, 3.8) is 0 Å². The molecule has 0 aliphatic carbocycles. The fourth-order valence-corrected chi connectivity index (χ4v) is 4.01. The number of hydrogen-bond acceptors (Lipinski definition) is 6. The van der Waals surface area contributed by atoms with Crippen molar-refractivity contribution in [2.75, 3.05) is 7.05 Å². The second kappa shape index (κ2) is 6.00. The molecule has 0 radical (unpaired) electrons. The molecule has 3 N–H and O–H groups in total. The monoisotopic (exact) mass is 315 g/mol. The molecule has 2 aromatic heterocycles. The molecule has 0 aliphatic heterocycles. The summed E-state index contributed by atoms with van der Waals surface area (Å²) in [7, 11) is -1.85. The lowest BCUT2D eigenvalue weighted by Gasteiger charge is -2.07. The van der Waals surface area contributed by atoms with E-state index in [4.69, 9.17) is 0 Å². The van der Waals surface area contributed by atoms with Crippen molar-refractivity contribution in [3.8, 4) is 0 Å². The molecule has 0 bridgehead atoms. The summed E-state index contributed by atoms with van der Waals surface area (Å²) in [6, 6.07) is 0. The molecule has 0 fully saturated rings. The SMILES string of the molecule is CNCc1n[nH]c(C)c1S(=O)(=O)NCc1scnc1C. The van der Waals surface area contributed by atoms with Crippen LogP contribution in [0.4, 0.5) is 0 Å². The number of sulfonamides is 1. The van der Waals surface area contributed by atoms with Gasteiger partial charge in [0.05, 0.1) is 22.6 Å². The van der Waals surface area contributed by atoms with Crippen LogP contribution in [0.5, 0.6) is 0 Å². The quantitative estimate of drug-likeness (QED) is 0.728. The van der Waals surface area contributed by atoms with E-state index in [2.05, 4.69) is 25.2 Å². The van der Waals surface area contributed by atoms with Gasteiger partial charge >= 0.3 is 0 Å². The molecule has 20 heavy (non-hydrogen) atoms. The minimum atomic E-state index is -3.60. The smallest absolute Gasteiger partial charge is 0.244 e. The highest BCUT2D eigenvalue weighted by molar-refractivity contribution is 7.89. The first-order valence-corrected chi connectivity index (χ1v) is 8.39. The van der Waals surface area contributed by atoms with E-state index >= 15 is 0 Å². The normalized spacial score (nSPS) is 11.9. The van der Waals surface area contributed by atoms with Crippen LogP contribution in [-0.4, -0.2) is 30.6 Å². The maximum atomic E-state index is 12.4. The molecule has 9 heteroatoms. The highest BCUT2D eigenvalue weighted by atomic mass is 32.2. The number of aromatic amines is 1. The molecule has 0 amide bonds. The van der Waals surface area contributed by atoms with Crippen LogP contribution in [0.15, 0.2) is 10.4 Å². The Morgan fingerprint density at radius 1 is 1.35 bits per heavy atom. The second-order valence-corrected chi connectivity index (χ2v) is 6.98. The number of thiazole rings is 1.